The minimum atomic E-state index is -4.56. The van der Waals surface area contributed by atoms with Gasteiger partial charge in [0.25, 0.3) is 0 Å². The monoisotopic (exact) mass is 442 g/mol. The van der Waals surface area contributed by atoms with E-state index < -0.39 is 11.9 Å². The summed E-state index contributed by atoms with van der Waals surface area (Å²) in [5, 5.41) is 3.37. The number of carbonyl (C=O) groups is 1. The van der Waals surface area contributed by atoms with Gasteiger partial charge in [0.1, 0.15) is 11.5 Å². The number of anilines is 1. The van der Waals surface area contributed by atoms with Gasteiger partial charge < -0.3 is 10.1 Å². The molecule has 2 aliphatic rings. The maximum atomic E-state index is 13.2. The van der Waals surface area contributed by atoms with Crippen LogP contribution in [-0.4, -0.2) is 66.8 Å². The zero-order valence-corrected chi connectivity index (χ0v) is 18.5. The second kappa shape index (κ2) is 9.83. The molecular formula is C22H33F3N4O2. The van der Waals surface area contributed by atoms with Crippen molar-refractivity contribution < 1.29 is 22.7 Å². The summed E-state index contributed by atoms with van der Waals surface area (Å²) in [4.78, 5) is 20.5. The number of carbonyl (C=O) groups excluding carboxylic acids is 1. The van der Waals surface area contributed by atoms with Gasteiger partial charge in [-0.15, -0.1) is 0 Å². The van der Waals surface area contributed by atoms with Crippen molar-refractivity contribution in [2.45, 2.75) is 57.9 Å². The number of piperazine rings is 1. The van der Waals surface area contributed by atoms with Crippen LogP contribution in [0.3, 0.4) is 0 Å². The van der Waals surface area contributed by atoms with Gasteiger partial charge in [-0.3, -0.25) is 14.6 Å². The number of hydrogen-bond donors (Lipinski definition) is 1. The third kappa shape index (κ3) is 6.17. The molecule has 1 N–H and O–H groups in total. The van der Waals surface area contributed by atoms with Gasteiger partial charge in [-0.05, 0) is 44.7 Å². The standard InChI is InChI=1S/C22H33F3N4O2/c1-4-20(30)29(19-7-5-6-18(27-19)22(23,24)25)15-16-8-13-31-21(2,3)14-17(16)28-11-9-26-10-12-28/h5-7,16-17,26H,4,8-15H2,1-3H3. The minimum Gasteiger partial charge on any atom is -0.376 e. The first-order valence-electron chi connectivity index (χ1n) is 11.0. The Morgan fingerprint density at radius 3 is 2.68 bits per heavy atom. The van der Waals surface area contributed by atoms with Crippen molar-refractivity contribution in [1.82, 2.24) is 15.2 Å². The molecule has 0 radical (unpaired) electrons. The van der Waals surface area contributed by atoms with Crippen LogP contribution < -0.4 is 10.2 Å². The number of nitrogens with one attached hydrogen (secondary N) is 1. The van der Waals surface area contributed by atoms with E-state index >= 15 is 0 Å². The van der Waals surface area contributed by atoms with E-state index in [1.807, 2.05) is 0 Å². The fourth-order valence-corrected chi connectivity index (χ4v) is 4.54. The van der Waals surface area contributed by atoms with Gasteiger partial charge in [0.2, 0.25) is 5.91 Å². The number of nitrogens with zero attached hydrogens (tertiary/aromatic N) is 3. The SMILES string of the molecule is CCC(=O)N(CC1CCOC(C)(C)CC1N1CCNCC1)c1cccc(C(F)(F)F)n1. The number of amides is 1. The molecular weight excluding hydrogens is 409 g/mol. The highest BCUT2D eigenvalue weighted by Crippen LogP contribution is 2.33. The van der Waals surface area contributed by atoms with Crippen molar-refractivity contribution in [2.75, 3.05) is 44.2 Å². The number of ether oxygens (including phenoxy) is 1. The Labute approximate surface area is 182 Å². The van der Waals surface area contributed by atoms with Crippen LogP contribution in [0.1, 0.15) is 45.7 Å². The molecule has 1 amide bonds. The predicted molar refractivity (Wildman–Crippen MR) is 113 cm³/mol. The van der Waals surface area contributed by atoms with E-state index in [-0.39, 0.29) is 35.7 Å². The summed E-state index contributed by atoms with van der Waals surface area (Å²) in [6, 6.07) is 3.91. The molecule has 1 aromatic heterocycles. The van der Waals surface area contributed by atoms with Crippen LogP contribution in [0.4, 0.5) is 19.0 Å². The lowest BCUT2D eigenvalue weighted by Crippen LogP contribution is -2.54. The molecule has 0 saturated carbocycles. The Morgan fingerprint density at radius 2 is 2.03 bits per heavy atom. The van der Waals surface area contributed by atoms with Crippen LogP contribution in [0, 0.1) is 5.92 Å². The van der Waals surface area contributed by atoms with Crippen molar-refractivity contribution in [3.05, 3.63) is 23.9 Å². The normalized spacial score (nSPS) is 25.1. The lowest BCUT2D eigenvalue weighted by molar-refractivity contribution is -0.141. The molecule has 2 atom stereocenters. The Bertz CT molecular complexity index is 751. The third-order valence-electron chi connectivity index (χ3n) is 6.17. The van der Waals surface area contributed by atoms with E-state index in [0.717, 1.165) is 45.1 Å². The molecule has 2 aliphatic heterocycles. The molecule has 9 heteroatoms. The first-order chi connectivity index (χ1) is 14.6. The molecule has 2 fully saturated rings. The Morgan fingerprint density at radius 1 is 1.32 bits per heavy atom. The molecule has 1 aromatic rings. The average Bonchev–Trinajstić information content (AvgIpc) is 2.89. The summed E-state index contributed by atoms with van der Waals surface area (Å²) in [5.74, 6) is -0.0906. The highest BCUT2D eigenvalue weighted by atomic mass is 19.4. The third-order valence-corrected chi connectivity index (χ3v) is 6.17. The van der Waals surface area contributed by atoms with Gasteiger partial charge in [-0.2, -0.15) is 13.2 Å². The van der Waals surface area contributed by atoms with Crippen molar-refractivity contribution in [3.8, 4) is 0 Å². The molecule has 0 bridgehead atoms. The summed E-state index contributed by atoms with van der Waals surface area (Å²) < 4.78 is 45.7. The summed E-state index contributed by atoms with van der Waals surface area (Å²) in [6.07, 6.45) is -2.81. The Hall–Kier alpha value is -1.71. The van der Waals surface area contributed by atoms with E-state index in [4.69, 9.17) is 4.74 Å². The van der Waals surface area contributed by atoms with Crippen LogP contribution in [0.15, 0.2) is 18.2 Å². The molecule has 0 spiro atoms. The van der Waals surface area contributed by atoms with Crippen LogP contribution in [0.25, 0.3) is 0 Å². The molecule has 0 aliphatic carbocycles. The zero-order valence-electron chi connectivity index (χ0n) is 18.5. The molecule has 2 unspecified atom stereocenters. The number of alkyl halides is 3. The smallest absolute Gasteiger partial charge is 0.376 e. The molecule has 3 rings (SSSR count). The fourth-order valence-electron chi connectivity index (χ4n) is 4.54. The van der Waals surface area contributed by atoms with Crippen molar-refractivity contribution in [2.24, 2.45) is 5.92 Å². The van der Waals surface area contributed by atoms with Crippen LogP contribution in [-0.2, 0) is 15.7 Å². The lowest BCUT2D eigenvalue weighted by atomic mass is 9.87. The van der Waals surface area contributed by atoms with Gasteiger partial charge >= 0.3 is 6.18 Å². The minimum absolute atomic E-state index is 0.0603. The van der Waals surface area contributed by atoms with Gasteiger partial charge in [-0.25, -0.2) is 4.98 Å². The summed E-state index contributed by atoms with van der Waals surface area (Å²) in [5.41, 5.74) is -1.28. The highest BCUT2D eigenvalue weighted by Gasteiger charge is 2.39. The van der Waals surface area contributed by atoms with E-state index in [0.29, 0.717) is 13.2 Å². The quantitative estimate of drug-likeness (QED) is 0.758. The number of halogens is 3. The van der Waals surface area contributed by atoms with E-state index in [9.17, 15) is 18.0 Å². The topological polar surface area (TPSA) is 57.7 Å². The predicted octanol–water partition coefficient (Wildman–Crippen LogP) is 3.32. The van der Waals surface area contributed by atoms with Gasteiger partial charge in [0, 0.05) is 51.8 Å². The van der Waals surface area contributed by atoms with E-state index in [1.165, 1.54) is 17.0 Å². The van der Waals surface area contributed by atoms with E-state index in [1.54, 1.807) is 6.92 Å². The number of aromatic nitrogens is 1. The summed E-state index contributed by atoms with van der Waals surface area (Å²) >= 11 is 0. The first-order valence-corrected chi connectivity index (χ1v) is 11.0. The largest absolute Gasteiger partial charge is 0.433 e. The summed E-state index contributed by atoms with van der Waals surface area (Å²) in [7, 11) is 0. The van der Waals surface area contributed by atoms with Crippen LogP contribution >= 0.6 is 0 Å². The first kappa shape index (κ1) is 23.9. The van der Waals surface area contributed by atoms with Gasteiger partial charge in [0.15, 0.2) is 0 Å². The zero-order chi connectivity index (χ0) is 22.6. The van der Waals surface area contributed by atoms with Crippen LogP contribution in [0.5, 0.6) is 0 Å². The van der Waals surface area contributed by atoms with Gasteiger partial charge in [0.05, 0.1) is 5.60 Å². The fraction of sp³-hybridized carbons (Fsp3) is 0.727. The molecule has 31 heavy (non-hydrogen) atoms. The molecule has 2 saturated heterocycles. The Kier molecular flexibility index (Phi) is 7.59. The maximum absolute atomic E-state index is 13.2. The van der Waals surface area contributed by atoms with Crippen molar-refractivity contribution in [3.63, 3.8) is 0 Å². The molecule has 6 nitrogen and oxygen atoms in total. The summed E-state index contributed by atoms with van der Waals surface area (Å²) in [6.45, 7) is 10.4. The molecule has 0 aromatic carbocycles. The van der Waals surface area contributed by atoms with Crippen molar-refractivity contribution >= 4 is 11.7 Å². The second-order valence-electron chi connectivity index (χ2n) is 8.95. The van der Waals surface area contributed by atoms with E-state index in [2.05, 4.69) is 29.0 Å². The number of rotatable bonds is 5. The average molecular weight is 443 g/mol. The number of pyridine rings is 1. The molecule has 3 heterocycles. The second-order valence-corrected chi connectivity index (χ2v) is 8.95. The number of hydrogen-bond acceptors (Lipinski definition) is 5. The maximum Gasteiger partial charge on any atom is 0.433 e. The van der Waals surface area contributed by atoms with Gasteiger partial charge in [-0.1, -0.05) is 13.0 Å². The Balaban J connectivity index is 1.90. The van der Waals surface area contributed by atoms with Crippen LogP contribution in [0.2, 0.25) is 0 Å². The van der Waals surface area contributed by atoms with Crippen molar-refractivity contribution in [1.29, 1.82) is 0 Å². The highest BCUT2D eigenvalue weighted by molar-refractivity contribution is 5.92. The molecule has 174 valence electrons. The lowest BCUT2D eigenvalue weighted by Gasteiger charge is -2.41.